The van der Waals surface area contributed by atoms with Crippen LogP contribution in [0.1, 0.15) is 26.7 Å². The smallest absolute Gasteiger partial charge is 0.353 e. The summed E-state index contributed by atoms with van der Waals surface area (Å²) in [7, 11) is 0. The molecule has 0 aromatic carbocycles. The molecule has 5 atom stereocenters. The number of thioether (sulfide) groups is 1. The molecule has 0 radical (unpaired) electrons. The lowest BCUT2D eigenvalue weighted by atomic mass is 9.91. The van der Waals surface area contributed by atoms with Crippen molar-refractivity contribution in [3.63, 3.8) is 0 Å². The maximum absolute atomic E-state index is 12.5. The third kappa shape index (κ3) is 3.21. The Morgan fingerprint density at radius 3 is 2.72 bits per heavy atom. The topological polar surface area (TPSA) is 113 Å². The normalized spacial score (nSPS) is 30.9. The van der Waals surface area contributed by atoms with Crippen LogP contribution in [-0.2, 0) is 23.9 Å². The van der Waals surface area contributed by atoms with E-state index < -0.39 is 29.9 Å². The molecular weight excluding hydrogens is 350 g/mol. The van der Waals surface area contributed by atoms with Gasteiger partial charge in [-0.15, -0.1) is 0 Å². The summed E-state index contributed by atoms with van der Waals surface area (Å²) in [5, 5.41) is 18.4. The number of β-lactam (4-membered cyclic amide) rings is 1. The minimum absolute atomic E-state index is 0.00964. The first kappa shape index (κ1) is 18.4. The first-order valence-electron chi connectivity index (χ1n) is 8.24. The highest BCUT2D eigenvalue weighted by Crippen LogP contribution is 2.52. The summed E-state index contributed by atoms with van der Waals surface area (Å²) in [6.07, 6.45) is -0.336. The second-order valence-electron chi connectivity index (χ2n) is 6.42. The Balaban J connectivity index is 1.70. The van der Waals surface area contributed by atoms with Gasteiger partial charge in [-0.05, 0) is 26.7 Å². The van der Waals surface area contributed by atoms with Gasteiger partial charge in [-0.3, -0.25) is 14.5 Å². The summed E-state index contributed by atoms with van der Waals surface area (Å²) in [4.78, 5) is 37.5. The Morgan fingerprint density at radius 2 is 2.16 bits per heavy atom. The van der Waals surface area contributed by atoms with Gasteiger partial charge in [-0.2, -0.15) is 0 Å². The molecule has 0 aromatic heterocycles. The fraction of sp³-hybridized carbons (Fsp3) is 0.688. The van der Waals surface area contributed by atoms with Gasteiger partial charge in [0.15, 0.2) is 5.78 Å². The number of ether oxygens (including phenoxy) is 2. The molecule has 0 aliphatic carbocycles. The molecule has 25 heavy (non-hydrogen) atoms. The van der Waals surface area contributed by atoms with Crippen LogP contribution in [0.2, 0.25) is 0 Å². The number of rotatable bonds is 7. The second kappa shape index (κ2) is 7.06. The molecular formula is C16H21NO7S. The van der Waals surface area contributed by atoms with Crippen LogP contribution in [-0.4, -0.2) is 69.7 Å². The van der Waals surface area contributed by atoms with Crippen LogP contribution >= 0.6 is 11.8 Å². The van der Waals surface area contributed by atoms with E-state index >= 15 is 0 Å². The molecule has 3 aliphatic heterocycles. The van der Waals surface area contributed by atoms with Crippen molar-refractivity contribution < 1.29 is 34.1 Å². The number of amides is 1. The van der Waals surface area contributed by atoms with Gasteiger partial charge in [-0.25, -0.2) is 4.79 Å². The van der Waals surface area contributed by atoms with Gasteiger partial charge in [0.2, 0.25) is 5.91 Å². The molecule has 2 fully saturated rings. The predicted molar refractivity (Wildman–Crippen MR) is 87.5 cm³/mol. The molecule has 0 bridgehead atoms. The molecule has 9 heteroatoms. The van der Waals surface area contributed by atoms with E-state index in [1.165, 1.54) is 23.6 Å². The zero-order valence-corrected chi connectivity index (χ0v) is 14.8. The zero-order chi connectivity index (χ0) is 18.3. The fourth-order valence-electron chi connectivity index (χ4n) is 3.25. The number of aliphatic hydroxyl groups is 1. The summed E-state index contributed by atoms with van der Waals surface area (Å²) >= 11 is 1.34. The maximum atomic E-state index is 12.5. The highest BCUT2D eigenvalue weighted by Gasteiger charge is 2.59. The van der Waals surface area contributed by atoms with Crippen LogP contribution < -0.4 is 0 Å². The molecule has 0 spiro atoms. The summed E-state index contributed by atoms with van der Waals surface area (Å²) in [5.74, 6) is -2.44. The van der Waals surface area contributed by atoms with Crippen molar-refractivity contribution >= 4 is 29.4 Å². The zero-order valence-electron chi connectivity index (χ0n) is 14.0. The van der Waals surface area contributed by atoms with Crippen molar-refractivity contribution in [3.05, 3.63) is 10.6 Å². The van der Waals surface area contributed by atoms with E-state index in [1.54, 1.807) is 6.92 Å². The predicted octanol–water partition coefficient (Wildman–Crippen LogP) is 0.348. The van der Waals surface area contributed by atoms with Crippen molar-refractivity contribution in [1.29, 1.82) is 0 Å². The monoisotopic (exact) mass is 371 g/mol. The summed E-state index contributed by atoms with van der Waals surface area (Å²) in [5.41, 5.74) is 0.00964. The molecule has 1 amide bonds. The lowest BCUT2D eigenvalue weighted by molar-refractivity contribution is -0.160. The molecule has 138 valence electrons. The van der Waals surface area contributed by atoms with Crippen LogP contribution in [0.25, 0.3) is 0 Å². The largest absolute Gasteiger partial charge is 0.477 e. The number of hydrogen-bond acceptors (Lipinski definition) is 7. The van der Waals surface area contributed by atoms with Crippen LogP contribution in [0.3, 0.4) is 0 Å². The molecule has 3 heterocycles. The summed E-state index contributed by atoms with van der Waals surface area (Å²) in [6.45, 7) is 3.35. The maximum Gasteiger partial charge on any atom is 0.353 e. The van der Waals surface area contributed by atoms with Gasteiger partial charge in [-0.1, -0.05) is 11.8 Å². The van der Waals surface area contributed by atoms with Crippen LogP contribution in [0.5, 0.6) is 0 Å². The number of aliphatic carboxylic acids is 1. The quantitative estimate of drug-likeness (QED) is 0.616. The second-order valence-corrected chi connectivity index (χ2v) is 7.58. The number of nitrogens with zero attached hydrogens (tertiary/aromatic N) is 1. The molecule has 0 aromatic rings. The minimum Gasteiger partial charge on any atom is -0.477 e. The first-order valence-corrected chi connectivity index (χ1v) is 9.12. The van der Waals surface area contributed by atoms with E-state index in [1.807, 2.05) is 0 Å². The fourth-order valence-corrected chi connectivity index (χ4v) is 4.94. The highest BCUT2D eigenvalue weighted by atomic mass is 32.2. The minimum atomic E-state index is -1.13. The van der Waals surface area contributed by atoms with Crippen molar-refractivity contribution in [2.45, 2.75) is 50.4 Å². The Hall–Kier alpha value is -1.42. The van der Waals surface area contributed by atoms with Gasteiger partial charge >= 0.3 is 5.97 Å². The number of hydrogen-bond donors (Lipinski definition) is 2. The van der Waals surface area contributed by atoms with Gasteiger partial charge in [0, 0.05) is 11.5 Å². The summed E-state index contributed by atoms with van der Waals surface area (Å²) < 4.78 is 11.0. The number of aliphatic hydroxyl groups excluding tert-OH is 1. The van der Waals surface area contributed by atoms with E-state index in [9.17, 15) is 24.6 Å². The third-order valence-electron chi connectivity index (χ3n) is 4.69. The standard InChI is InChI=1S/C16H21NO7S/c1-7(18)9(19)6-24-8(2)11-14(20)17-12(16(21)22)13(25-15(11)17)10-4-3-5-23-10/h7-8,10-11,15,18H,3-6H2,1-2H3,(H,21,22)/t7-,8-,10-,11+,15-/m1/s1. The molecule has 8 nitrogen and oxygen atoms in total. The molecule has 2 N–H and O–H groups in total. The third-order valence-corrected chi connectivity index (χ3v) is 6.15. The van der Waals surface area contributed by atoms with E-state index in [0.717, 1.165) is 12.8 Å². The number of carbonyl (C=O) groups excluding carboxylic acids is 2. The van der Waals surface area contributed by atoms with E-state index in [-0.39, 0.29) is 29.7 Å². The molecule has 3 rings (SSSR count). The van der Waals surface area contributed by atoms with Crippen LogP contribution in [0, 0.1) is 5.92 Å². The lowest BCUT2D eigenvalue weighted by Crippen LogP contribution is -2.61. The van der Waals surface area contributed by atoms with E-state index in [4.69, 9.17) is 9.47 Å². The number of Topliss-reactive ketones (excluding diaryl/α,β-unsaturated/α-hetero) is 1. The van der Waals surface area contributed by atoms with Crippen LogP contribution in [0.4, 0.5) is 0 Å². The number of ketones is 1. The molecule has 3 aliphatic rings. The van der Waals surface area contributed by atoms with Crippen molar-refractivity contribution in [1.82, 2.24) is 4.90 Å². The Kier molecular flexibility index (Phi) is 5.19. The molecule has 2 saturated heterocycles. The SMILES string of the molecule is C[C@@H](O)C(=O)CO[C@H](C)[C@H]1C(=O)N2C(C(=O)O)=C([C@H]3CCCO3)S[C@H]12. The van der Waals surface area contributed by atoms with Gasteiger partial charge in [0.25, 0.3) is 0 Å². The Bertz CT molecular complexity index is 626. The van der Waals surface area contributed by atoms with Crippen molar-refractivity contribution in [3.8, 4) is 0 Å². The average molecular weight is 371 g/mol. The van der Waals surface area contributed by atoms with E-state index in [0.29, 0.717) is 11.5 Å². The van der Waals surface area contributed by atoms with Gasteiger partial charge < -0.3 is 19.7 Å². The van der Waals surface area contributed by atoms with Gasteiger partial charge in [0.1, 0.15) is 23.8 Å². The Labute approximate surface area is 149 Å². The molecule has 0 saturated carbocycles. The number of carboxylic acid groups (broad SMARTS) is 1. The Morgan fingerprint density at radius 1 is 1.44 bits per heavy atom. The van der Waals surface area contributed by atoms with Crippen molar-refractivity contribution in [2.75, 3.05) is 13.2 Å². The van der Waals surface area contributed by atoms with Crippen molar-refractivity contribution in [2.24, 2.45) is 5.92 Å². The number of fused-ring (bicyclic) bond motifs is 1. The summed E-state index contributed by atoms with van der Waals surface area (Å²) in [6, 6.07) is 0. The lowest BCUT2D eigenvalue weighted by Gasteiger charge is -2.44. The van der Waals surface area contributed by atoms with Crippen LogP contribution in [0.15, 0.2) is 10.6 Å². The average Bonchev–Trinajstić information content (AvgIpc) is 3.17. The number of carbonyl (C=O) groups is 3. The highest BCUT2D eigenvalue weighted by molar-refractivity contribution is 8.04. The first-order chi connectivity index (χ1) is 11.8. The van der Waals surface area contributed by atoms with Gasteiger partial charge in [0.05, 0.1) is 18.1 Å². The molecule has 0 unspecified atom stereocenters. The van der Waals surface area contributed by atoms with E-state index in [2.05, 4.69) is 0 Å². The number of carboxylic acids is 1.